The van der Waals surface area contributed by atoms with Gasteiger partial charge in [-0.05, 0) is 26.2 Å². The van der Waals surface area contributed by atoms with Crippen molar-refractivity contribution >= 4 is 0 Å². The van der Waals surface area contributed by atoms with E-state index in [0.717, 1.165) is 26.2 Å². The number of rotatable bonds is 8. The van der Waals surface area contributed by atoms with Crippen molar-refractivity contribution in [3.05, 3.63) is 35.9 Å². The van der Waals surface area contributed by atoms with E-state index >= 15 is 0 Å². The average Bonchev–Trinajstić information content (AvgIpc) is 2.34. The van der Waals surface area contributed by atoms with Crippen LogP contribution in [0, 0.1) is 0 Å². The van der Waals surface area contributed by atoms with Crippen molar-refractivity contribution in [3.63, 3.8) is 0 Å². The summed E-state index contributed by atoms with van der Waals surface area (Å²) in [6.07, 6.45) is 0.149. The number of nitrogens with zero attached hydrogens (tertiary/aromatic N) is 1. The summed E-state index contributed by atoms with van der Waals surface area (Å²) in [5.41, 5.74) is 1.24. The number of ether oxygens (including phenoxy) is 1. The lowest BCUT2D eigenvalue weighted by Crippen LogP contribution is -2.26. The third-order valence-electron chi connectivity index (χ3n) is 2.61. The fraction of sp³-hybridized carbons (Fsp3) is 0.571. The molecule has 0 aliphatic heterocycles. The first-order valence-electron chi connectivity index (χ1n) is 6.26. The number of hydrogen-bond acceptors (Lipinski definition) is 3. The Morgan fingerprint density at radius 3 is 2.53 bits per heavy atom. The molecule has 17 heavy (non-hydrogen) atoms. The molecule has 0 spiro atoms. The Balaban J connectivity index is 2.48. The molecule has 0 aliphatic rings. The van der Waals surface area contributed by atoms with E-state index in [1.54, 1.807) is 0 Å². The normalized spacial score (nSPS) is 12.9. The maximum absolute atomic E-state index is 5.94. The molecule has 0 saturated heterocycles. The van der Waals surface area contributed by atoms with Crippen LogP contribution < -0.4 is 5.32 Å². The molecular weight excluding hydrogens is 212 g/mol. The van der Waals surface area contributed by atoms with Gasteiger partial charge in [0.2, 0.25) is 0 Å². The minimum Gasteiger partial charge on any atom is -0.371 e. The lowest BCUT2D eigenvalue weighted by Gasteiger charge is -2.20. The minimum absolute atomic E-state index is 0.149. The Labute approximate surface area is 105 Å². The average molecular weight is 236 g/mol. The van der Waals surface area contributed by atoms with Crippen LogP contribution in [0.1, 0.15) is 18.6 Å². The van der Waals surface area contributed by atoms with Crippen LogP contribution in [-0.2, 0) is 4.74 Å². The molecule has 0 fully saturated rings. The molecule has 0 saturated carbocycles. The Kier molecular flexibility index (Phi) is 6.86. The molecule has 3 heteroatoms. The summed E-state index contributed by atoms with van der Waals surface area (Å²) >= 11 is 0. The summed E-state index contributed by atoms with van der Waals surface area (Å²) in [6, 6.07) is 10.4. The van der Waals surface area contributed by atoms with E-state index in [0.29, 0.717) is 0 Å². The van der Waals surface area contributed by atoms with E-state index in [1.165, 1.54) is 5.56 Å². The highest BCUT2D eigenvalue weighted by molar-refractivity contribution is 5.17. The maximum Gasteiger partial charge on any atom is 0.0949 e. The second kappa shape index (κ2) is 8.23. The van der Waals surface area contributed by atoms with Crippen LogP contribution in [0.2, 0.25) is 0 Å². The zero-order valence-corrected chi connectivity index (χ0v) is 11.1. The van der Waals surface area contributed by atoms with Crippen LogP contribution in [0.4, 0.5) is 0 Å². The molecule has 1 aromatic rings. The monoisotopic (exact) mass is 236 g/mol. The highest BCUT2D eigenvalue weighted by atomic mass is 16.5. The highest BCUT2D eigenvalue weighted by Gasteiger charge is 2.10. The van der Waals surface area contributed by atoms with Gasteiger partial charge in [0, 0.05) is 13.1 Å². The quantitative estimate of drug-likeness (QED) is 0.746. The number of nitrogens with one attached hydrogen (secondary N) is 1. The summed E-state index contributed by atoms with van der Waals surface area (Å²) in [5.74, 6) is 0. The molecule has 1 rings (SSSR count). The van der Waals surface area contributed by atoms with Gasteiger partial charge in [-0.2, -0.15) is 0 Å². The molecule has 1 N–H and O–H groups in total. The molecular formula is C14H24N2O. The molecule has 3 nitrogen and oxygen atoms in total. The first kappa shape index (κ1) is 14.2. The summed E-state index contributed by atoms with van der Waals surface area (Å²) in [7, 11) is 4.12. The van der Waals surface area contributed by atoms with Crippen molar-refractivity contribution < 1.29 is 4.74 Å². The van der Waals surface area contributed by atoms with E-state index in [1.807, 2.05) is 6.07 Å². The second-order valence-corrected chi connectivity index (χ2v) is 4.38. The Bertz CT molecular complexity index is 288. The van der Waals surface area contributed by atoms with Crippen molar-refractivity contribution in [1.82, 2.24) is 10.2 Å². The zero-order chi connectivity index (χ0) is 12.5. The van der Waals surface area contributed by atoms with Gasteiger partial charge >= 0.3 is 0 Å². The third kappa shape index (κ3) is 5.82. The van der Waals surface area contributed by atoms with E-state index < -0.39 is 0 Å². The van der Waals surface area contributed by atoms with Gasteiger partial charge in [-0.15, -0.1) is 0 Å². The zero-order valence-electron chi connectivity index (χ0n) is 11.1. The summed E-state index contributed by atoms with van der Waals surface area (Å²) in [6.45, 7) is 5.67. The fourth-order valence-corrected chi connectivity index (χ4v) is 1.59. The van der Waals surface area contributed by atoms with Crippen molar-refractivity contribution in [3.8, 4) is 0 Å². The largest absolute Gasteiger partial charge is 0.371 e. The fourth-order valence-electron chi connectivity index (χ4n) is 1.59. The molecule has 0 aliphatic carbocycles. The van der Waals surface area contributed by atoms with Crippen LogP contribution in [0.3, 0.4) is 0 Å². The highest BCUT2D eigenvalue weighted by Crippen LogP contribution is 2.15. The topological polar surface area (TPSA) is 24.5 Å². The molecule has 0 radical (unpaired) electrons. The summed E-state index contributed by atoms with van der Waals surface area (Å²) in [5, 5.41) is 3.35. The lowest BCUT2D eigenvalue weighted by molar-refractivity contribution is 0.0438. The van der Waals surface area contributed by atoms with Crippen LogP contribution in [0.5, 0.6) is 0 Å². The van der Waals surface area contributed by atoms with Gasteiger partial charge in [-0.25, -0.2) is 0 Å². The Morgan fingerprint density at radius 2 is 1.94 bits per heavy atom. The molecule has 0 aromatic heterocycles. The molecule has 96 valence electrons. The van der Waals surface area contributed by atoms with Gasteiger partial charge in [0.25, 0.3) is 0 Å². The van der Waals surface area contributed by atoms with Gasteiger partial charge < -0.3 is 15.0 Å². The Morgan fingerprint density at radius 1 is 1.24 bits per heavy atom. The van der Waals surface area contributed by atoms with Crippen LogP contribution in [0.25, 0.3) is 0 Å². The minimum atomic E-state index is 0.149. The van der Waals surface area contributed by atoms with Crippen molar-refractivity contribution in [1.29, 1.82) is 0 Å². The molecule has 0 bridgehead atoms. The molecule has 1 aromatic carbocycles. The predicted octanol–water partition coefficient (Wildman–Crippen LogP) is 1.92. The number of likely N-dealkylation sites (N-methyl/N-ethyl adjacent to an activating group) is 2. The second-order valence-electron chi connectivity index (χ2n) is 4.38. The third-order valence-corrected chi connectivity index (χ3v) is 2.61. The van der Waals surface area contributed by atoms with Crippen LogP contribution >= 0.6 is 0 Å². The lowest BCUT2D eigenvalue weighted by atomic mass is 10.1. The van der Waals surface area contributed by atoms with E-state index in [4.69, 9.17) is 4.74 Å². The van der Waals surface area contributed by atoms with Gasteiger partial charge in [0.05, 0.1) is 12.7 Å². The maximum atomic E-state index is 5.94. The van der Waals surface area contributed by atoms with Crippen molar-refractivity contribution in [2.45, 2.75) is 13.0 Å². The molecule has 0 amide bonds. The number of benzene rings is 1. The predicted molar refractivity (Wildman–Crippen MR) is 72.2 cm³/mol. The molecule has 0 heterocycles. The van der Waals surface area contributed by atoms with Gasteiger partial charge in [-0.3, -0.25) is 0 Å². The summed E-state index contributed by atoms with van der Waals surface area (Å²) < 4.78 is 5.94. The van der Waals surface area contributed by atoms with Gasteiger partial charge in [0.1, 0.15) is 0 Å². The van der Waals surface area contributed by atoms with Gasteiger partial charge in [0.15, 0.2) is 0 Å². The SMILES string of the molecule is CCNCC(OCCN(C)C)c1ccccc1. The van der Waals surface area contributed by atoms with Crippen molar-refractivity contribution in [2.24, 2.45) is 0 Å². The van der Waals surface area contributed by atoms with Crippen molar-refractivity contribution in [2.75, 3.05) is 40.3 Å². The Hall–Kier alpha value is -0.900. The van der Waals surface area contributed by atoms with E-state index in [2.05, 4.69) is 55.5 Å². The number of hydrogen-bond donors (Lipinski definition) is 1. The van der Waals surface area contributed by atoms with E-state index in [-0.39, 0.29) is 6.10 Å². The summed E-state index contributed by atoms with van der Waals surface area (Å²) in [4.78, 5) is 2.13. The van der Waals surface area contributed by atoms with Crippen LogP contribution in [-0.4, -0.2) is 45.2 Å². The first-order chi connectivity index (χ1) is 8.24. The smallest absolute Gasteiger partial charge is 0.0949 e. The molecule has 1 unspecified atom stereocenters. The van der Waals surface area contributed by atoms with E-state index in [9.17, 15) is 0 Å². The molecule has 1 atom stereocenters. The standard InChI is InChI=1S/C14H24N2O/c1-4-15-12-14(17-11-10-16(2)3)13-8-6-5-7-9-13/h5-9,14-15H,4,10-12H2,1-3H3. The van der Waals surface area contributed by atoms with Crippen LogP contribution in [0.15, 0.2) is 30.3 Å². The first-order valence-corrected chi connectivity index (χ1v) is 6.26. The van der Waals surface area contributed by atoms with Gasteiger partial charge in [-0.1, -0.05) is 37.3 Å².